The lowest BCUT2D eigenvalue weighted by Gasteiger charge is -2.37. The molecule has 4 rings (SSSR count). The van der Waals surface area contributed by atoms with E-state index in [1.54, 1.807) is 0 Å². The minimum Gasteiger partial charge on any atom is -0.394 e. The van der Waals surface area contributed by atoms with Crippen molar-refractivity contribution in [3.8, 4) is 0 Å². The van der Waals surface area contributed by atoms with Gasteiger partial charge in [-0.2, -0.15) is 0 Å². The fraction of sp³-hybridized carbons (Fsp3) is 0.294. The van der Waals surface area contributed by atoms with Crippen LogP contribution in [0.2, 0.25) is 0 Å². The first-order chi connectivity index (χ1) is 20.3. The third-order valence-corrected chi connectivity index (χ3v) is 6.68. The van der Waals surface area contributed by atoms with Gasteiger partial charge in [0.05, 0.1) is 39.6 Å². The highest BCUT2D eigenvalue weighted by molar-refractivity contribution is 5.16. The van der Waals surface area contributed by atoms with Gasteiger partial charge in [-0.25, -0.2) is 5.90 Å². The molecule has 3 N–H and O–H groups in total. The van der Waals surface area contributed by atoms with Crippen molar-refractivity contribution in [1.82, 2.24) is 0 Å². The summed E-state index contributed by atoms with van der Waals surface area (Å²) in [5, 5.41) is 10.6. The maximum Gasteiger partial charge on any atom is 0.115 e. The number of nitrogens with two attached hydrogens (primary N) is 1. The molecule has 0 spiro atoms. The fourth-order valence-electron chi connectivity index (χ4n) is 4.50. The van der Waals surface area contributed by atoms with Gasteiger partial charge in [0.15, 0.2) is 0 Å². The van der Waals surface area contributed by atoms with Crippen LogP contribution >= 0.6 is 0 Å². The Morgan fingerprint density at radius 3 is 1.12 bits per heavy atom. The van der Waals surface area contributed by atoms with Crippen molar-refractivity contribution in [2.24, 2.45) is 5.90 Å². The molecule has 0 aromatic heterocycles. The first kappa shape index (κ1) is 30.6. The topological polar surface area (TPSA) is 92.4 Å². The summed E-state index contributed by atoms with van der Waals surface area (Å²) >= 11 is 0. The summed E-state index contributed by atoms with van der Waals surface area (Å²) in [7, 11) is 0. The van der Waals surface area contributed by atoms with E-state index in [1.807, 2.05) is 121 Å². The Kier molecular flexibility index (Phi) is 13.0. The standard InChI is InChI=1S/C34H39NO6/c35-41-26-32(38-23-28-15-7-2-8-16-28)34(40-25-30-19-11-4-12-20-30)33(39-24-29-17-9-3-10-18-29)31(21-36)37-22-27-13-5-1-6-14-27/h1-20,31-34,36H,21-26,35H2/t31-,32-,33-,34-/m1/s1. The van der Waals surface area contributed by atoms with Crippen LogP contribution in [0.15, 0.2) is 121 Å². The summed E-state index contributed by atoms with van der Waals surface area (Å²) in [5.74, 6) is 5.59. The van der Waals surface area contributed by atoms with Crippen LogP contribution in [0.1, 0.15) is 22.3 Å². The minimum absolute atomic E-state index is 0.0499. The maximum atomic E-state index is 10.6. The van der Waals surface area contributed by atoms with Crippen LogP contribution in [0.3, 0.4) is 0 Å². The van der Waals surface area contributed by atoms with Gasteiger partial charge in [0, 0.05) is 0 Å². The van der Waals surface area contributed by atoms with Crippen molar-refractivity contribution in [2.45, 2.75) is 50.8 Å². The van der Waals surface area contributed by atoms with Gasteiger partial charge in [-0.1, -0.05) is 121 Å². The Hall–Kier alpha value is -3.40. The van der Waals surface area contributed by atoms with E-state index < -0.39 is 24.4 Å². The Bertz CT molecular complexity index is 1210. The van der Waals surface area contributed by atoms with E-state index in [4.69, 9.17) is 29.7 Å². The zero-order chi connectivity index (χ0) is 28.5. The zero-order valence-electron chi connectivity index (χ0n) is 23.2. The van der Waals surface area contributed by atoms with E-state index in [9.17, 15) is 5.11 Å². The number of aliphatic hydroxyl groups excluding tert-OH is 1. The van der Waals surface area contributed by atoms with E-state index in [1.165, 1.54) is 0 Å². The highest BCUT2D eigenvalue weighted by Crippen LogP contribution is 2.23. The number of ether oxygens (including phenoxy) is 4. The average Bonchev–Trinajstić information content (AvgIpc) is 3.04. The maximum absolute atomic E-state index is 10.6. The van der Waals surface area contributed by atoms with Gasteiger partial charge in [-0.15, -0.1) is 0 Å². The van der Waals surface area contributed by atoms with Gasteiger partial charge in [-0.05, 0) is 22.3 Å². The van der Waals surface area contributed by atoms with E-state index in [0.717, 1.165) is 22.3 Å². The highest BCUT2D eigenvalue weighted by atomic mass is 16.6. The minimum atomic E-state index is -0.722. The van der Waals surface area contributed by atoms with Crippen molar-refractivity contribution < 1.29 is 28.9 Å². The van der Waals surface area contributed by atoms with Gasteiger partial charge < -0.3 is 28.9 Å². The lowest BCUT2D eigenvalue weighted by molar-refractivity contribution is -0.205. The van der Waals surface area contributed by atoms with Crippen LogP contribution in [0.5, 0.6) is 0 Å². The average molecular weight is 558 g/mol. The smallest absolute Gasteiger partial charge is 0.115 e. The molecular weight excluding hydrogens is 518 g/mol. The second kappa shape index (κ2) is 17.4. The molecule has 0 saturated heterocycles. The van der Waals surface area contributed by atoms with E-state index in [-0.39, 0.29) is 19.8 Å². The molecule has 7 heteroatoms. The Balaban J connectivity index is 1.62. The summed E-state index contributed by atoms with van der Waals surface area (Å²) in [6.45, 7) is 0.965. The quantitative estimate of drug-likeness (QED) is 0.162. The molecule has 0 heterocycles. The van der Waals surface area contributed by atoms with Crippen LogP contribution in [0.25, 0.3) is 0 Å². The first-order valence-electron chi connectivity index (χ1n) is 13.8. The molecule has 4 aromatic rings. The van der Waals surface area contributed by atoms with Crippen LogP contribution in [-0.2, 0) is 50.2 Å². The molecule has 0 unspecified atom stereocenters. The number of hydrogen-bond donors (Lipinski definition) is 2. The predicted molar refractivity (Wildman–Crippen MR) is 157 cm³/mol. The Morgan fingerprint density at radius 2 is 0.780 bits per heavy atom. The summed E-state index contributed by atoms with van der Waals surface area (Å²) in [4.78, 5) is 5.12. The summed E-state index contributed by atoms with van der Waals surface area (Å²) in [5.41, 5.74) is 3.95. The van der Waals surface area contributed by atoms with Crippen LogP contribution in [0.4, 0.5) is 0 Å². The molecule has 0 aliphatic carbocycles. The van der Waals surface area contributed by atoms with Crippen LogP contribution < -0.4 is 5.90 Å². The molecule has 0 bridgehead atoms. The summed E-state index contributed by atoms with van der Waals surface area (Å²) in [6, 6.07) is 39.4. The van der Waals surface area contributed by atoms with Crippen molar-refractivity contribution >= 4 is 0 Å². The lowest BCUT2D eigenvalue weighted by atomic mass is 10.0. The summed E-state index contributed by atoms with van der Waals surface area (Å²) < 4.78 is 25.7. The lowest BCUT2D eigenvalue weighted by Crippen LogP contribution is -2.52. The zero-order valence-corrected chi connectivity index (χ0v) is 23.2. The van der Waals surface area contributed by atoms with E-state index in [2.05, 4.69) is 0 Å². The molecule has 7 nitrogen and oxygen atoms in total. The van der Waals surface area contributed by atoms with Crippen molar-refractivity contribution in [3.63, 3.8) is 0 Å². The number of benzene rings is 4. The molecule has 0 aliphatic heterocycles. The van der Waals surface area contributed by atoms with Crippen molar-refractivity contribution in [3.05, 3.63) is 144 Å². The third-order valence-electron chi connectivity index (χ3n) is 6.68. The van der Waals surface area contributed by atoms with Crippen molar-refractivity contribution in [1.29, 1.82) is 0 Å². The summed E-state index contributed by atoms with van der Waals surface area (Å²) in [6.07, 6.45) is -2.76. The number of aliphatic hydroxyl groups is 1. The normalized spacial score (nSPS) is 14.3. The van der Waals surface area contributed by atoms with Crippen LogP contribution in [-0.4, -0.2) is 42.7 Å². The molecule has 0 radical (unpaired) electrons. The second-order valence-corrected chi connectivity index (χ2v) is 9.71. The number of rotatable bonds is 18. The van der Waals surface area contributed by atoms with Gasteiger partial charge in [0.2, 0.25) is 0 Å². The third kappa shape index (κ3) is 10.2. The highest BCUT2D eigenvalue weighted by Gasteiger charge is 2.38. The SMILES string of the molecule is NOC[C@@H](OCc1ccccc1)[C@@H](OCc1ccccc1)[C@H](OCc1ccccc1)[C@@H](CO)OCc1ccccc1. The molecule has 4 atom stereocenters. The van der Waals surface area contributed by atoms with Gasteiger partial charge in [-0.3, -0.25) is 0 Å². The molecule has 216 valence electrons. The van der Waals surface area contributed by atoms with E-state index >= 15 is 0 Å². The van der Waals surface area contributed by atoms with Crippen molar-refractivity contribution in [2.75, 3.05) is 13.2 Å². The molecule has 0 saturated carbocycles. The van der Waals surface area contributed by atoms with Crippen LogP contribution in [0, 0.1) is 0 Å². The Morgan fingerprint density at radius 1 is 0.463 bits per heavy atom. The molecule has 0 amide bonds. The van der Waals surface area contributed by atoms with E-state index in [0.29, 0.717) is 19.8 Å². The molecule has 0 fully saturated rings. The largest absolute Gasteiger partial charge is 0.394 e. The monoisotopic (exact) mass is 557 g/mol. The van der Waals surface area contributed by atoms with Gasteiger partial charge in [0.25, 0.3) is 0 Å². The fourth-order valence-corrected chi connectivity index (χ4v) is 4.50. The predicted octanol–water partition coefficient (Wildman–Crippen LogP) is 5.21. The first-order valence-corrected chi connectivity index (χ1v) is 13.8. The molecule has 41 heavy (non-hydrogen) atoms. The molecule has 0 aliphatic rings. The Labute approximate surface area is 242 Å². The van der Waals surface area contributed by atoms with Gasteiger partial charge >= 0.3 is 0 Å². The van der Waals surface area contributed by atoms with Gasteiger partial charge in [0.1, 0.15) is 24.4 Å². The second-order valence-electron chi connectivity index (χ2n) is 9.71. The molecular formula is C34H39NO6. The number of hydrogen-bond acceptors (Lipinski definition) is 7. The molecule has 4 aromatic carbocycles.